The van der Waals surface area contributed by atoms with Gasteiger partial charge in [0.15, 0.2) is 0 Å². The molecule has 1 fully saturated rings. The van der Waals surface area contributed by atoms with Gasteiger partial charge in [-0.25, -0.2) is 9.97 Å². The van der Waals surface area contributed by atoms with Crippen molar-refractivity contribution in [2.75, 3.05) is 18.0 Å². The molecule has 2 atom stereocenters. The summed E-state index contributed by atoms with van der Waals surface area (Å²) in [5.41, 5.74) is 2.54. The first-order valence-electron chi connectivity index (χ1n) is 11.2. The second kappa shape index (κ2) is 8.62. The summed E-state index contributed by atoms with van der Waals surface area (Å²) in [4.78, 5) is 11.8. The number of halogens is 3. The lowest BCUT2D eigenvalue weighted by Crippen LogP contribution is -2.35. The van der Waals surface area contributed by atoms with Crippen LogP contribution in [0.15, 0.2) is 18.6 Å². The van der Waals surface area contributed by atoms with Gasteiger partial charge >= 0.3 is 6.18 Å². The van der Waals surface area contributed by atoms with Crippen molar-refractivity contribution in [1.29, 1.82) is 0 Å². The molecule has 0 radical (unpaired) electrons. The van der Waals surface area contributed by atoms with E-state index in [1.165, 1.54) is 17.6 Å². The van der Waals surface area contributed by atoms with E-state index in [-0.39, 0.29) is 4.88 Å². The lowest BCUT2D eigenvalue weighted by atomic mass is 9.92. The average molecular weight is 465 g/mol. The summed E-state index contributed by atoms with van der Waals surface area (Å²) in [5, 5.41) is 9.21. The standard InChI is InChI=1S/C22H27F3N6S/c1-30-12-17-18(5-2-6-19(17)29-30)28-14-4-3-8-31(9-7-14)20-16-10-15(11-22(23,24)25)32-21(16)27-13-26-20/h10,12-14,18,28H,2-9,11H2,1H3/t14-,18-/m1/s1. The zero-order valence-electron chi connectivity index (χ0n) is 18.0. The van der Waals surface area contributed by atoms with Crippen molar-refractivity contribution in [1.82, 2.24) is 25.1 Å². The van der Waals surface area contributed by atoms with Gasteiger partial charge in [-0.2, -0.15) is 18.3 Å². The summed E-state index contributed by atoms with van der Waals surface area (Å²) in [5.74, 6) is 0.757. The maximum Gasteiger partial charge on any atom is 0.393 e. The molecule has 6 nitrogen and oxygen atoms in total. The Balaban J connectivity index is 1.29. The van der Waals surface area contributed by atoms with Crippen LogP contribution in [0.2, 0.25) is 0 Å². The number of anilines is 1. The normalized spacial score (nSPS) is 22.2. The number of hydrogen-bond acceptors (Lipinski definition) is 6. The van der Waals surface area contributed by atoms with Crippen molar-refractivity contribution in [3.63, 3.8) is 0 Å². The van der Waals surface area contributed by atoms with Gasteiger partial charge in [0.1, 0.15) is 17.0 Å². The van der Waals surface area contributed by atoms with Gasteiger partial charge in [-0.1, -0.05) is 0 Å². The van der Waals surface area contributed by atoms with Crippen molar-refractivity contribution >= 4 is 27.4 Å². The fourth-order valence-corrected chi connectivity index (χ4v) is 6.05. The molecular weight excluding hydrogens is 437 g/mol. The first kappa shape index (κ1) is 21.6. The van der Waals surface area contributed by atoms with Crippen LogP contribution in [-0.2, 0) is 19.9 Å². The second-order valence-corrected chi connectivity index (χ2v) is 9.97. The molecule has 172 valence electrons. The third-order valence-electron chi connectivity index (χ3n) is 6.42. The molecule has 0 aromatic carbocycles. The molecule has 1 aliphatic heterocycles. The number of alkyl halides is 3. The van der Waals surface area contributed by atoms with Crippen LogP contribution in [0.4, 0.5) is 19.0 Å². The van der Waals surface area contributed by atoms with Crippen LogP contribution in [-0.4, -0.2) is 45.1 Å². The van der Waals surface area contributed by atoms with Crippen molar-refractivity contribution in [3.05, 3.63) is 34.7 Å². The molecule has 1 saturated heterocycles. The van der Waals surface area contributed by atoms with E-state index in [0.717, 1.165) is 74.2 Å². The van der Waals surface area contributed by atoms with E-state index in [0.29, 0.717) is 16.9 Å². The smallest absolute Gasteiger partial charge is 0.356 e. The van der Waals surface area contributed by atoms with E-state index in [1.54, 1.807) is 6.07 Å². The maximum atomic E-state index is 12.9. The first-order chi connectivity index (χ1) is 15.4. The molecular formula is C22H27F3N6S. The molecule has 0 spiro atoms. The summed E-state index contributed by atoms with van der Waals surface area (Å²) < 4.78 is 40.5. The monoisotopic (exact) mass is 464 g/mol. The average Bonchev–Trinajstić information content (AvgIpc) is 3.22. The van der Waals surface area contributed by atoms with Crippen LogP contribution >= 0.6 is 11.3 Å². The zero-order valence-corrected chi connectivity index (χ0v) is 18.8. The van der Waals surface area contributed by atoms with E-state index in [4.69, 9.17) is 0 Å². The van der Waals surface area contributed by atoms with E-state index in [9.17, 15) is 13.2 Å². The summed E-state index contributed by atoms with van der Waals surface area (Å²) in [6.45, 7) is 1.67. The number of aryl methyl sites for hydroxylation is 2. The largest absolute Gasteiger partial charge is 0.393 e. The third-order valence-corrected chi connectivity index (χ3v) is 7.46. The maximum absolute atomic E-state index is 12.9. The molecule has 1 N–H and O–H groups in total. The Morgan fingerprint density at radius 2 is 2.03 bits per heavy atom. The van der Waals surface area contributed by atoms with Gasteiger partial charge in [-0.05, 0) is 44.6 Å². The van der Waals surface area contributed by atoms with Gasteiger partial charge in [-0.3, -0.25) is 4.68 Å². The topological polar surface area (TPSA) is 58.9 Å². The van der Waals surface area contributed by atoms with E-state index >= 15 is 0 Å². The lowest BCUT2D eigenvalue weighted by molar-refractivity contribution is -0.126. The van der Waals surface area contributed by atoms with E-state index < -0.39 is 12.6 Å². The third kappa shape index (κ3) is 4.61. The van der Waals surface area contributed by atoms with Crippen LogP contribution < -0.4 is 10.2 Å². The predicted molar refractivity (Wildman–Crippen MR) is 119 cm³/mol. The van der Waals surface area contributed by atoms with Crippen molar-refractivity contribution in [2.24, 2.45) is 7.05 Å². The van der Waals surface area contributed by atoms with Crippen LogP contribution in [0.25, 0.3) is 10.2 Å². The summed E-state index contributed by atoms with van der Waals surface area (Å²) in [6, 6.07) is 2.36. The minimum atomic E-state index is -4.22. The van der Waals surface area contributed by atoms with Crippen LogP contribution in [0.1, 0.15) is 54.3 Å². The fraction of sp³-hybridized carbons (Fsp3) is 0.591. The molecule has 32 heavy (non-hydrogen) atoms. The highest BCUT2D eigenvalue weighted by molar-refractivity contribution is 7.18. The molecule has 0 amide bonds. The minimum Gasteiger partial charge on any atom is -0.356 e. The minimum absolute atomic E-state index is 0.285. The number of rotatable bonds is 4. The Kier molecular flexibility index (Phi) is 5.83. The Bertz CT molecular complexity index is 1090. The van der Waals surface area contributed by atoms with Crippen molar-refractivity contribution < 1.29 is 13.2 Å². The highest BCUT2D eigenvalue weighted by atomic mass is 32.1. The highest BCUT2D eigenvalue weighted by Crippen LogP contribution is 2.35. The van der Waals surface area contributed by atoms with Crippen LogP contribution in [0.5, 0.6) is 0 Å². The number of nitrogens with one attached hydrogen (secondary N) is 1. The Labute approximate surface area is 188 Å². The molecule has 4 heterocycles. The molecule has 0 bridgehead atoms. The van der Waals surface area contributed by atoms with Gasteiger partial charge in [0.05, 0.1) is 17.5 Å². The number of thiophene rings is 1. The molecule has 10 heteroatoms. The summed E-state index contributed by atoms with van der Waals surface area (Å²) >= 11 is 1.11. The van der Waals surface area contributed by atoms with Gasteiger partial charge in [0.2, 0.25) is 0 Å². The lowest BCUT2D eigenvalue weighted by Gasteiger charge is -2.28. The number of aromatic nitrogens is 4. The highest BCUT2D eigenvalue weighted by Gasteiger charge is 2.30. The van der Waals surface area contributed by atoms with Gasteiger partial charge in [-0.15, -0.1) is 11.3 Å². The number of fused-ring (bicyclic) bond motifs is 2. The number of nitrogens with zero attached hydrogens (tertiary/aromatic N) is 5. The Morgan fingerprint density at radius 3 is 2.88 bits per heavy atom. The van der Waals surface area contributed by atoms with Crippen LogP contribution in [0.3, 0.4) is 0 Å². The van der Waals surface area contributed by atoms with Crippen molar-refractivity contribution in [3.8, 4) is 0 Å². The van der Waals surface area contributed by atoms with E-state index in [1.807, 2.05) is 11.7 Å². The quantitative estimate of drug-likeness (QED) is 0.614. The molecule has 3 aromatic heterocycles. The zero-order chi connectivity index (χ0) is 22.3. The van der Waals surface area contributed by atoms with Crippen LogP contribution in [0, 0.1) is 0 Å². The van der Waals surface area contributed by atoms with Gasteiger partial charge < -0.3 is 10.2 Å². The van der Waals surface area contributed by atoms with Crippen molar-refractivity contribution in [2.45, 2.75) is 63.2 Å². The summed E-state index contributed by atoms with van der Waals surface area (Å²) in [7, 11) is 1.98. The molecule has 0 saturated carbocycles. The molecule has 3 aromatic rings. The molecule has 1 aliphatic carbocycles. The van der Waals surface area contributed by atoms with Gasteiger partial charge in [0, 0.05) is 48.9 Å². The molecule has 5 rings (SSSR count). The first-order valence-corrected chi connectivity index (χ1v) is 12.0. The fourth-order valence-electron chi connectivity index (χ4n) is 5.03. The van der Waals surface area contributed by atoms with Gasteiger partial charge in [0.25, 0.3) is 0 Å². The predicted octanol–water partition coefficient (Wildman–Crippen LogP) is 4.56. The molecule has 0 unspecified atom stereocenters. The number of hydrogen-bond donors (Lipinski definition) is 1. The SMILES string of the molecule is Cn1cc2c(n1)CCC[C@H]2N[C@@H]1CCCN(c2ncnc3sc(CC(F)(F)F)cc23)CC1. The summed E-state index contributed by atoms with van der Waals surface area (Å²) in [6.07, 6.45) is 4.85. The second-order valence-electron chi connectivity index (χ2n) is 8.85. The van der Waals surface area contributed by atoms with E-state index in [2.05, 4.69) is 31.5 Å². The Morgan fingerprint density at radius 1 is 1.16 bits per heavy atom. The molecule has 2 aliphatic rings. The Hall–Kier alpha value is -2.20.